The minimum absolute atomic E-state index is 0.0761. The number of nitrogens with zero attached hydrogens (tertiary/aromatic N) is 4. The zero-order chi connectivity index (χ0) is 19.9. The molecule has 0 bridgehead atoms. The van der Waals surface area contributed by atoms with Gasteiger partial charge in [-0.25, -0.2) is 9.97 Å². The van der Waals surface area contributed by atoms with E-state index in [1.54, 1.807) is 18.2 Å². The molecule has 0 saturated heterocycles. The van der Waals surface area contributed by atoms with Gasteiger partial charge >= 0.3 is 6.18 Å². The average molecular weight is 406 g/mol. The fraction of sp³-hybridized carbons (Fsp3) is 0.111. The van der Waals surface area contributed by atoms with Crippen LogP contribution in [-0.2, 0) is 6.54 Å². The monoisotopic (exact) mass is 405 g/mol. The summed E-state index contributed by atoms with van der Waals surface area (Å²) < 4.78 is 40.3. The van der Waals surface area contributed by atoms with Gasteiger partial charge in [-0.05, 0) is 30.3 Å². The SMILES string of the molecule is O=C(Nc1ccc2c(c1)c1ncnc(Cl)c1n2CC(F)(F)F)c1ccncc1. The summed E-state index contributed by atoms with van der Waals surface area (Å²) in [5.74, 6) is -0.367. The van der Waals surface area contributed by atoms with E-state index in [0.29, 0.717) is 16.6 Å². The van der Waals surface area contributed by atoms with Crippen LogP contribution in [0.1, 0.15) is 10.4 Å². The van der Waals surface area contributed by atoms with Gasteiger partial charge in [-0.1, -0.05) is 11.6 Å². The summed E-state index contributed by atoms with van der Waals surface area (Å²) in [4.78, 5) is 24.1. The number of nitrogens with one attached hydrogen (secondary N) is 1. The topological polar surface area (TPSA) is 72.7 Å². The summed E-state index contributed by atoms with van der Waals surface area (Å²) in [6, 6.07) is 7.68. The molecule has 0 fully saturated rings. The van der Waals surface area contributed by atoms with E-state index in [1.807, 2.05) is 0 Å². The number of hydrogen-bond donors (Lipinski definition) is 1. The summed E-state index contributed by atoms with van der Waals surface area (Å²) in [5, 5.41) is 3.06. The Hall–Kier alpha value is -3.20. The summed E-state index contributed by atoms with van der Waals surface area (Å²) >= 11 is 6.05. The van der Waals surface area contributed by atoms with Gasteiger partial charge in [0.15, 0.2) is 5.15 Å². The van der Waals surface area contributed by atoms with Crippen molar-refractivity contribution in [3.63, 3.8) is 0 Å². The molecule has 0 aliphatic heterocycles. The standard InChI is InChI=1S/C18H11ClF3N5O/c19-16-15-14(24-9-25-16)12-7-11(26-17(28)10-3-5-23-6-4-10)1-2-13(12)27(15)8-18(20,21)22/h1-7,9H,8H2,(H,26,28). The second kappa shape index (κ2) is 6.75. The van der Waals surface area contributed by atoms with Crippen LogP contribution in [0.15, 0.2) is 49.1 Å². The van der Waals surface area contributed by atoms with E-state index >= 15 is 0 Å². The first-order valence-electron chi connectivity index (χ1n) is 8.04. The summed E-state index contributed by atoms with van der Waals surface area (Å²) in [5.41, 5.74) is 1.47. The predicted molar refractivity (Wildman–Crippen MR) is 98.3 cm³/mol. The lowest BCUT2D eigenvalue weighted by Crippen LogP contribution is -2.17. The summed E-state index contributed by atoms with van der Waals surface area (Å²) in [6.07, 6.45) is -0.292. The van der Waals surface area contributed by atoms with Crippen molar-refractivity contribution < 1.29 is 18.0 Å². The van der Waals surface area contributed by atoms with Crippen molar-refractivity contribution in [1.82, 2.24) is 19.5 Å². The number of fused-ring (bicyclic) bond motifs is 3. The van der Waals surface area contributed by atoms with Gasteiger partial charge < -0.3 is 9.88 Å². The zero-order valence-corrected chi connectivity index (χ0v) is 14.8. The number of benzene rings is 1. The van der Waals surface area contributed by atoms with Crippen LogP contribution >= 0.6 is 11.6 Å². The first-order chi connectivity index (χ1) is 13.3. The molecule has 0 spiro atoms. The average Bonchev–Trinajstić information content (AvgIpc) is 2.95. The maximum Gasteiger partial charge on any atom is 0.406 e. The molecule has 4 aromatic rings. The van der Waals surface area contributed by atoms with Crippen LogP contribution in [0.25, 0.3) is 21.9 Å². The number of anilines is 1. The van der Waals surface area contributed by atoms with Gasteiger partial charge in [-0.3, -0.25) is 9.78 Å². The number of alkyl halides is 3. The minimum atomic E-state index is -4.45. The molecule has 6 nitrogen and oxygen atoms in total. The maximum absolute atomic E-state index is 13.1. The molecule has 3 aromatic heterocycles. The normalized spacial score (nSPS) is 11.9. The van der Waals surface area contributed by atoms with Crippen LogP contribution in [0.4, 0.5) is 18.9 Å². The Labute approximate surface area is 161 Å². The Morgan fingerprint density at radius 1 is 1.14 bits per heavy atom. The Kier molecular flexibility index (Phi) is 4.38. The number of carbonyl (C=O) groups excluding carboxylic acids is 1. The quantitative estimate of drug-likeness (QED) is 0.511. The number of carbonyl (C=O) groups is 1. The lowest BCUT2D eigenvalue weighted by atomic mass is 10.2. The van der Waals surface area contributed by atoms with Crippen LogP contribution in [0.2, 0.25) is 5.15 Å². The molecule has 4 rings (SSSR count). The number of rotatable bonds is 3. The molecule has 1 amide bonds. The fourth-order valence-corrected chi connectivity index (χ4v) is 3.24. The van der Waals surface area contributed by atoms with E-state index in [1.165, 1.54) is 30.9 Å². The van der Waals surface area contributed by atoms with Gasteiger partial charge in [-0.15, -0.1) is 0 Å². The molecule has 0 unspecified atom stereocenters. The van der Waals surface area contributed by atoms with Gasteiger partial charge in [-0.2, -0.15) is 13.2 Å². The highest BCUT2D eigenvalue weighted by Gasteiger charge is 2.30. The van der Waals surface area contributed by atoms with Gasteiger partial charge in [0.25, 0.3) is 5.91 Å². The molecule has 3 heterocycles. The third kappa shape index (κ3) is 3.36. The van der Waals surface area contributed by atoms with E-state index < -0.39 is 12.7 Å². The van der Waals surface area contributed by atoms with Crippen molar-refractivity contribution in [3.8, 4) is 0 Å². The second-order valence-corrected chi connectivity index (χ2v) is 6.34. The van der Waals surface area contributed by atoms with Gasteiger partial charge in [0, 0.05) is 29.0 Å². The van der Waals surface area contributed by atoms with E-state index in [4.69, 9.17) is 11.6 Å². The van der Waals surface area contributed by atoms with Gasteiger partial charge in [0.1, 0.15) is 23.9 Å². The Bertz CT molecular complexity index is 1190. The molecule has 0 aliphatic rings. The predicted octanol–water partition coefficient (Wildman–Crippen LogP) is 4.45. The Balaban J connectivity index is 1.83. The van der Waals surface area contributed by atoms with Crippen molar-refractivity contribution >= 4 is 45.1 Å². The molecule has 0 atom stereocenters. The second-order valence-electron chi connectivity index (χ2n) is 5.98. The molecular formula is C18H11ClF3N5O. The Morgan fingerprint density at radius 3 is 2.61 bits per heavy atom. The maximum atomic E-state index is 13.1. The first kappa shape index (κ1) is 18.2. The zero-order valence-electron chi connectivity index (χ0n) is 14.0. The molecule has 1 N–H and O–H groups in total. The van der Waals surface area contributed by atoms with Crippen LogP contribution in [0, 0.1) is 0 Å². The molecular weight excluding hydrogens is 395 g/mol. The van der Waals surface area contributed by atoms with Gasteiger partial charge in [0.05, 0.1) is 5.52 Å². The molecule has 10 heteroatoms. The third-order valence-electron chi connectivity index (χ3n) is 4.13. The molecule has 0 radical (unpaired) electrons. The number of halogens is 4. The number of amides is 1. The highest BCUT2D eigenvalue weighted by atomic mass is 35.5. The molecule has 0 aliphatic carbocycles. The van der Waals surface area contributed by atoms with Crippen molar-refractivity contribution in [2.75, 3.05) is 5.32 Å². The van der Waals surface area contributed by atoms with E-state index in [-0.39, 0.29) is 27.6 Å². The minimum Gasteiger partial charge on any atom is -0.327 e. The highest BCUT2D eigenvalue weighted by molar-refractivity contribution is 6.34. The van der Waals surface area contributed by atoms with E-state index in [0.717, 1.165) is 4.57 Å². The van der Waals surface area contributed by atoms with Gasteiger partial charge in [0.2, 0.25) is 0 Å². The lowest BCUT2D eigenvalue weighted by Gasteiger charge is -2.11. The molecule has 28 heavy (non-hydrogen) atoms. The van der Waals surface area contributed by atoms with Crippen LogP contribution in [0.5, 0.6) is 0 Å². The Morgan fingerprint density at radius 2 is 1.89 bits per heavy atom. The van der Waals surface area contributed by atoms with Crippen molar-refractivity contribution in [1.29, 1.82) is 0 Å². The van der Waals surface area contributed by atoms with Crippen molar-refractivity contribution in [3.05, 3.63) is 59.8 Å². The van der Waals surface area contributed by atoms with Crippen molar-refractivity contribution in [2.24, 2.45) is 0 Å². The summed E-state index contributed by atoms with van der Waals surface area (Å²) in [6.45, 7) is -1.23. The summed E-state index contributed by atoms with van der Waals surface area (Å²) in [7, 11) is 0. The van der Waals surface area contributed by atoms with E-state index in [9.17, 15) is 18.0 Å². The van der Waals surface area contributed by atoms with Crippen LogP contribution in [0.3, 0.4) is 0 Å². The largest absolute Gasteiger partial charge is 0.406 e. The molecule has 142 valence electrons. The van der Waals surface area contributed by atoms with Crippen molar-refractivity contribution in [2.45, 2.75) is 12.7 Å². The van der Waals surface area contributed by atoms with Crippen LogP contribution in [-0.4, -0.2) is 31.6 Å². The third-order valence-corrected chi connectivity index (χ3v) is 4.40. The fourth-order valence-electron chi connectivity index (χ4n) is 3.00. The molecule has 1 aromatic carbocycles. The van der Waals surface area contributed by atoms with E-state index in [2.05, 4.69) is 20.3 Å². The smallest absolute Gasteiger partial charge is 0.327 e. The number of aromatic nitrogens is 4. The lowest BCUT2D eigenvalue weighted by molar-refractivity contribution is -0.139. The number of hydrogen-bond acceptors (Lipinski definition) is 4. The number of pyridine rings is 1. The highest BCUT2D eigenvalue weighted by Crippen LogP contribution is 2.34. The molecule has 0 saturated carbocycles. The first-order valence-corrected chi connectivity index (χ1v) is 8.42. The van der Waals surface area contributed by atoms with Crippen LogP contribution < -0.4 is 5.32 Å².